The van der Waals surface area contributed by atoms with Crippen LogP contribution in [0.2, 0.25) is 0 Å². The zero-order valence-corrected chi connectivity index (χ0v) is 19.4. The van der Waals surface area contributed by atoms with Crippen molar-refractivity contribution in [1.82, 2.24) is 0 Å². The van der Waals surface area contributed by atoms with Gasteiger partial charge in [0.25, 0.3) is 0 Å². The van der Waals surface area contributed by atoms with E-state index >= 15 is 0 Å². The van der Waals surface area contributed by atoms with E-state index in [4.69, 9.17) is 9.83 Å². The minimum Gasteiger partial charge on any atom is -0.460 e. The summed E-state index contributed by atoms with van der Waals surface area (Å²) in [5.41, 5.74) is 4.68. The number of para-hydroxylation sites is 1. The molecule has 0 bridgehead atoms. The van der Waals surface area contributed by atoms with E-state index in [0.717, 1.165) is 52.7 Å². The highest BCUT2D eigenvalue weighted by atomic mass is 16.3. The van der Waals surface area contributed by atoms with Crippen molar-refractivity contribution < 1.29 is 4.42 Å². The Morgan fingerprint density at radius 1 is 0.971 bits per heavy atom. The van der Waals surface area contributed by atoms with Crippen molar-refractivity contribution in [2.75, 3.05) is 0 Å². The average molecular weight is 456 g/mol. The first-order valence-electron chi connectivity index (χ1n) is 11.9. The van der Waals surface area contributed by atoms with Gasteiger partial charge in [-0.3, -0.25) is 5.41 Å². The second kappa shape index (κ2) is 8.80. The lowest BCUT2D eigenvalue weighted by atomic mass is 9.83. The highest BCUT2D eigenvalue weighted by Gasteiger charge is 2.29. The van der Waals surface area contributed by atoms with Crippen LogP contribution >= 0.6 is 0 Å². The predicted octanol–water partition coefficient (Wildman–Crippen LogP) is 7.66. The molecule has 1 heterocycles. The standard InChI is InChI=1S/C31H25N3O/c1-33-31(21-10-3-2-4-11-21)34-30(32)26-18-24(23-16-15-20-9-5-6-12-22(20)17-23)19-28-29(26)25-13-7-8-14-27(25)35-28/h3,5-18,24,32H,1-2,4,19H2/b32-30?,34-31-. The number of furan rings is 1. The molecule has 4 nitrogen and oxygen atoms in total. The van der Waals surface area contributed by atoms with Gasteiger partial charge in [-0.2, -0.15) is 0 Å². The maximum atomic E-state index is 9.03. The Kier molecular flexibility index (Phi) is 5.34. The van der Waals surface area contributed by atoms with Gasteiger partial charge in [0, 0.05) is 34.4 Å². The van der Waals surface area contributed by atoms with Crippen LogP contribution in [-0.4, -0.2) is 18.4 Å². The molecule has 0 amide bonds. The monoisotopic (exact) mass is 455 g/mol. The van der Waals surface area contributed by atoms with Gasteiger partial charge in [0.2, 0.25) is 0 Å². The third-order valence-electron chi connectivity index (χ3n) is 6.79. The van der Waals surface area contributed by atoms with Gasteiger partial charge >= 0.3 is 0 Å². The molecule has 2 aliphatic carbocycles. The summed E-state index contributed by atoms with van der Waals surface area (Å²) in [6.45, 7) is 3.72. The molecule has 1 unspecified atom stereocenters. The van der Waals surface area contributed by atoms with Crippen molar-refractivity contribution in [3.63, 3.8) is 0 Å². The minimum atomic E-state index is 0.0761. The van der Waals surface area contributed by atoms with Gasteiger partial charge in [-0.15, -0.1) is 0 Å². The number of hydrogen-bond acceptors (Lipinski definition) is 2. The van der Waals surface area contributed by atoms with Crippen LogP contribution < -0.4 is 0 Å². The quantitative estimate of drug-likeness (QED) is 0.250. The van der Waals surface area contributed by atoms with E-state index in [-0.39, 0.29) is 11.8 Å². The van der Waals surface area contributed by atoms with Crippen LogP contribution in [0, 0.1) is 5.41 Å². The van der Waals surface area contributed by atoms with Crippen molar-refractivity contribution >= 4 is 45.7 Å². The number of aliphatic imine (C=N–C) groups is 2. The van der Waals surface area contributed by atoms with Crippen LogP contribution in [0.1, 0.15) is 35.6 Å². The summed E-state index contributed by atoms with van der Waals surface area (Å²) >= 11 is 0. The van der Waals surface area contributed by atoms with E-state index in [1.807, 2.05) is 24.3 Å². The molecule has 0 radical (unpaired) electrons. The molecule has 0 saturated heterocycles. The van der Waals surface area contributed by atoms with Gasteiger partial charge in [-0.1, -0.05) is 85.0 Å². The second-order valence-electron chi connectivity index (χ2n) is 8.98. The Morgan fingerprint density at radius 3 is 2.63 bits per heavy atom. The van der Waals surface area contributed by atoms with Gasteiger partial charge in [-0.05, 0) is 42.0 Å². The molecule has 3 aromatic carbocycles. The Balaban J connectivity index is 1.48. The van der Waals surface area contributed by atoms with Crippen LogP contribution in [-0.2, 0) is 6.42 Å². The third kappa shape index (κ3) is 3.87. The van der Waals surface area contributed by atoms with Crippen molar-refractivity contribution in [2.24, 2.45) is 9.98 Å². The van der Waals surface area contributed by atoms with Crippen LogP contribution in [0.3, 0.4) is 0 Å². The summed E-state index contributed by atoms with van der Waals surface area (Å²) in [7, 11) is 0. The highest BCUT2D eigenvalue weighted by molar-refractivity contribution is 6.28. The summed E-state index contributed by atoms with van der Waals surface area (Å²) in [4.78, 5) is 8.80. The lowest BCUT2D eigenvalue weighted by Gasteiger charge is -2.21. The minimum absolute atomic E-state index is 0.0761. The first kappa shape index (κ1) is 21.2. The fraction of sp³-hybridized carbons (Fsp3) is 0.129. The van der Waals surface area contributed by atoms with E-state index in [2.05, 4.69) is 83.5 Å². The summed E-state index contributed by atoms with van der Waals surface area (Å²) < 4.78 is 6.31. The highest BCUT2D eigenvalue weighted by Crippen LogP contribution is 2.41. The molecule has 4 heteroatoms. The number of nitrogens with zero attached hydrogens (tertiary/aromatic N) is 2. The summed E-state index contributed by atoms with van der Waals surface area (Å²) in [5.74, 6) is 1.62. The Hall–Kier alpha value is -4.31. The summed E-state index contributed by atoms with van der Waals surface area (Å²) in [5, 5.41) is 12.5. The molecule has 0 saturated carbocycles. The maximum Gasteiger partial charge on any atom is 0.160 e. The molecule has 0 aliphatic heterocycles. The lowest BCUT2D eigenvalue weighted by Crippen LogP contribution is -2.13. The van der Waals surface area contributed by atoms with Crippen molar-refractivity contribution in [3.05, 3.63) is 113 Å². The molecule has 1 N–H and O–H groups in total. The first-order valence-corrected chi connectivity index (χ1v) is 11.9. The van der Waals surface area contributed by atoms with E-state index in [0.29, 0.717) is 5.84 Å². The molecule has 35 heavy (non-hydrogen) atoms. The molecule has 0 fully saturated rings. The van der Waals surface area contributed by atoms with E-state index < -0.39 is 0 Å². The number of nitrogens with one attached hydrogen (secondary N) is 1. The first-order chi connectivity index (χ1) is 17.2. The zero-order chi connectivity index (χ0) is 23.8. The van der Waals surface area contributed by atoms with Gasteiger partial charge < -0.3 is 4.42 Å². The van der Waals surface area contributed by atoms with Gasteiger partial charge in [0.15, 0.2) is 11.7 Å². The molecule has 4 aromatic rings. The smallest absolute Gasteiger partial charge is 0.160 e. The number of allylic oxidation sites excluding steroid dienone is 3. The van der Waals surface area contributed by atoms with Crippen LogP contribution in [0.5, 0.6) is 0 Å². The second-order valence-corrected chi connectivity index (χ2v) is 8.98. The third-order valence-corrected chi connectivity index (χ3v) is 6.79. The normalized spacial score (nSPS) is 17.7. The van der Waals surface area contributed by atoms with Crippen molar-refractivity contribution in [1.29, 1.82) is 5.41 Å². The number of amidine groups is 2. The fourth-order valence-corrected chi connectivity index (χ4v) is 5.06. The Morgan fingerprint density at radius 2 is 1.80 bits per heavy atom. The Labute approximate surface area is 204 Å². The largest absolute Gasteiger partial charge is 0.460 e. The molecule has 1 aromatic heterocycles. The van der Waals surface area contributed by atoms with Crippen molar-refractivity contribution in [2.45, 2.75) is 25.2 Å². The maximum absolute atomic E-state index is 9.03. The van der Waals surface area contributed by atoms with Crippen LogP contribution in [0.4, 0.5) is 0 Å². The lowest BCUT2D eigenvalue weighted by molar-refractivity contribution is 0.532. The van der Waals surface area contributed by atoms with E-state index in [1.54, 1.807) is 0 Å². The molecule has 2 aliphatic rings. The molecule has 0 spiro atoms. The molecule has 170 valence electrons. The molecular formula is C31H25N3O. The SMILES string of the molecule is C=N/C(=N\C(=N)C1=CC(c2ccc3ccccc3c2)Cc2oc3ccccc3c21)C1=CCCC=C1. The fourth-order valence-electron chi connectivity index (χ4n) is 5.06. The number of hydrogen-bond donors (Lipinski definition) is 1. The molecule has 6 rings (SSSR count). The number of fused-ring (bicyclic) bond motifs is 4. The average Bonchev–Trinajstić information content (AvgIpc) is 3.30. The number of benzene rings is 3. The predicted molar refractivity (Wildman–Crippen MR) is 146 cm³/mol. The van der Waals surface area contributed by atoms with E-state index in [1.165, 1.54) is 16.3 Å². The summed E-state index contributed by atoms with van der Waals surface area (Å²) in [6, 6.07) is 23.0. The van der Waals surface area contributed by atoms with Crippen molar-refractivity contribution in [3.8, 4) is 0 Å². The van der Waals surface area contributed by atoms with E-state index in [9.17, 15) is 0 Å². The van der Waals surface area contributed by atoms with Gasteiger partial charge in [-0.25, -0.2) is 9.98 Å². The van der Waals surface area contributed by atoms with Gasteiger partial charge in [0.1, 0.15) is 11.3 Å². The zero-order valence-electron chi connectivity index (χ0n) is 19.4. The number of rotatable bonds is 3. The topological polar surface area (TPSA) is 61.7 Å². The van der Waals surface area contributed by atoms with Gasteiger partial charge in [0.05, 0.1) is 0 Å². The van der Waals surface area contributed by atoms with Crippen LogP contribution in [0.25, 0.3) is 27.3 Å². The summed E-state index contributed by atoms with van der Waals surface area (Å²) in [6.07, 6.45) is 11.1. The molecular weight excluding hydrogens is 430 g/mol. The molecule has 1 atom stereocenters. The van der Waals surface area contributed by atoms with Crippen LogP contribution in [0.15, 0.2) is 111 Å². The Bertz CT molecular complexity index is 1610.